The van der Waals surface area contributed by atoms with Gasteiger partial charge in [-0.1, -0.05) is 23.5 Å². The van der Waals surface area contributed by atoms with E-state index >= 15 is 0 Å². The van der Waals surface area contributed by atoms with E-state index in [0.717, 1.165) is 21.3 Å². The molecule has 1 saturated heterocycles. The van der Waals surface area contributed by atoms with Gasteiger partial charge in [0.05, 0.1) is 11.2 Å². The number of hydrogen-bond acceptors (Lipinski definition) is 6. The topological polar surface area (TPSA) is 56.3 Å². The summed E-state index contributed by atoms with van der Waals surface area (Å²) in [5.41, 5.74) is 1.27. The number of nitrogens with zero attached hydrogens (tertiary/aromatic N) is 2. The molecule has 0 radical (unpaired) electrons. The van der Waals surface area contributed by atoms with Crippen LogP contribution in [0.1, 0.15) is 32.7 Å². The maximum Gasteiger partial charge on any atom is 0.494 e. The zero-order chi connectivity index (χ0) is 16.0. The highest BCUT2D eigenvalue weighted by molar-refractivity contribution is 7.15. The Morgan fingerprint density at radius 1 is 1.09 bits per heavy atom. The minimum Gasteiger partial charge on any atom is -0.399 e. The average molecular weight is 317 g/mol. The van der Waals surface area contributed by atoms with Crippen molar-refractivity contribution in [1.29, 1.82) is 0 Å². The summed E-state index contributed by atoms with van der Waals surface area (Å²) in [5, 5.41) is 13.1. The van der Waals surface area contributed by atoms with Gasteiger partial charge in [0.25, 0.3) is 0 Å². The molecule has 0 atom stereocenters. The Balaban J connectivity index is 1.80. The van der Waals surface area contributed by atoms with Gasteiger partial charge in [0, 0.05) is 5.69 Å². The zero-order valence-electron chi connectivity index (χ0n) is 13.5. The molecular formula is C15H20BN3O2S. The van der Waals surface area contributed by atoms with E-state index in [2.05, 4.69) is 43.2 Å². The van der Waals surface area contributed by atoms with Crippen LogP contribution in [0.25, 0.3) is 0 Å². The fraction of sp³-hybridized carbons (Fsp3) is 0.467. The maximum atomic E-state index is 6.08. The lowest BCUT2D eigenvalue weighted by atomic mass is 9.79. The summed E-state index contributed by atoms with van der Waals surface area (Å²) < 4.78 is 12.2. The lowest BCUT2D eigenvalue weighted by Gasteiger charge is -2.32. The van der Waals surface area contributed by atoms with Gasteiger partial charge in [0.1, 0.15) is 5.01 Å². The van der Waals surface area contributed by atoms with Gasteiger partial charge in [0.2, 0.25) is 5.13 Å². The van der Waals surface area contributed by atoms with E-state index in [1.165, 1.54) is 11.3 Å². The first kappa shape index (κ1) is 15.5. The van der Waals surface area contributed by atoms with Crippen LogP contribution in [-0.4, -0.2) is 28.5 Å². The number of aromatic nitrogens is 2. The van der Waals surface area contributed by atoms with E-state index in [9.17, 15) is 0 Å². The summed E-state index contributed by atoms with van der Waals surface area (Å²) in [6.45, 7) is 10.2. The molecule has 0 bridgehead atoms. The fourth-order valence-electron chi connectivity index (χ4n) is 2.21. The quantitative estimate of drug-likeness (QED) is 0.882. The predicted molar refractivity (Wildman–Crippen MR) is 90.1 cm³/mol. The number of rotatable bonds is 3. The van der Waals surface area contributed by atoms with Crippen molar-refractivity contribution < 1.29 is 9.31 Å². The number of nitrogens with one attached hydrogen (secondary N) is 1. The Labute approximate surface area is 135 Å². The van der Waals surface area contributed by atoms with Crippen LogP contribution in [0.3, 0.4) is 0 Å². The third kappa shape index (κ3) is 2.88. The van der Waals surface area contributed by atoms with Gasteiger partial charge in [-0.15, -0.1) is 10.2 Å². The summed E-state index contributed by atoms with van der Waals surface area (Å²) in [5.74, 6) is 0. The van der Waals surface area contributed by atoms with Gasteiger partial charge in [0.15, 0.2) is 0 Å². The smallest absolute Gasteiger partial charge is 0.399 e. The second kappa shape index (κ2) is 5.33. The monoisotopic (exact) mass is 317 g/mol. The molecule has 22 heavy (non-hydrogen) atoms. The van der Waals surface area contributed by atoms with Crippen LogP contribution >= 0.6 is 11.3 Å². The first-order valence-electron chi connectivity index (χ1n) is 7.30. The third-order valence-electron chi connectivity index (χ3n) is 4.19. The largest absolute Gasteiger partial charge is 0.494 e. The first-order chi connectivity index (χ1) is 10.3. The molecule has 0 unspecified atom stereocenters. The minimum atomic E-state index is -0.358. The number of anilines is 2. The molecule has 0 amide bonds. The van der Waals surface area contributed by atoms with Crippen molar-refractivity contribution in [3.8, 4) is 0 Å². The highest BCUT2D eigenvalue weighted by Gasteiger charge is 2.51. The summed E-state index contributed by atoms with van der Waals surface area (Å²) in [6.07, 6.45) is 0. The normalized spacial score (nSPS) is 19.4. The standard InChI is InChI=1S/C15H20BN3O2S/c1-10-18-19-13(22-10)17-12-8-6-7-11(9-12)16-20-14(2,3)15(4,5)21-16/h6-9H,1-5H3,(H,17,19). The molecule has 1 aliphatic heterocycles. The Kier molecular flexibility index (Phi) is 3.75. The van der Waals surface area contributed by atoms with Gasteiger partial charge in [-0.05, 0) is 52.2 Å². The van der Waals surface area contributed by atoms with Crippen molar-refractivity contribution in [3.05, 3.63) is 29.3 Å². The molecule has 116 valence electrons. The number of benzene rings is 1. The fourth-order valence-corrected chi connectivity index (χ4v) is 2.82. The van der Waals surface area contributed by atoms with Gasteiger partial charge in [-0.2, -0.15) is 0 Å². The van der Waals surface area contributed by atoms with Crippen LogP contribution in [0, 0.1) is 6.92 Å². The number of aryl methyl sites for hydroxylation is 1. The Bertz CT molecular complexity index is 671. The molecule has 0 aliphatic carbocycles. The van der Waals surface area contributed by atoms with Crippen molar-refractivity contribution in [1.82, 2.24) is 10.2 Å². The Morgan fingerprint density at radius 2 is 1.77 bits per heavy atom. The molecule has 5 nitrogen and oxygen atoms in total. The second-order valence-corrected chi connectivity index (χ2v) is 7.65. The molecule has 2 aromatic rings. The van der Waals surface area contributed by atoms with Crippen LogP contribution in [0.15, 0.2) is 24.3 Å². The molecular weight excluding hydrogens is 297 g/mol. The molecule has 2 heterocycles. The highest BCUT2D eigenvalue weighted by Crippen LogP contribution is 2.36. The van der Waals surface area contributed by atoms with Crippen molar-refractivity contribution >= 4 is 34.7 Å². The summed E-state index contributed by atoms with van der Waals surface area (Å²) in [7, 11) is -0.358. The molecule has 3 rings (SSSR count). The van der Waals surface area contributed by atoms with Crippen molar-refractivity contribution in [3.63, 3.8) is 0 Å². The molecule has 0 saturated carbocycles. The van der Waals surface area contributed by atoms with Crippen molar-refractivity contribution in [2.24, 2.45) is 0 Å². The molecule has 1 aliphatic rings. The molecule has 1 aromatic heterocycles. The Morgan fingerprint density at radius 3 is 2.36 bits per heavy atom. The minimum absolute atomic E-state index is 0.336. The van der Waals surface area contributed by atoms with E-state index in [1.54, 1.807) is 0 Å². The molecule has 7 heteroatoms. The van der Waals surface area contributed by atoms with Crippen LogP contribution in [0.2, 0.25) is 0 Å². The molecule has 1 fully saturated rings. The van der Waals surface area contributed by atoms with E-state index < -0.39 is 0 Å². The van der Waals surface area contributed by atoms with Crippen molar-refractivity contribution in [2.45, 2.75) is 45.8 Å². The Hall–Kier alpha value is -1.44. The number of hydrogen-bond donors (Lipinski definition) is 1. The van der Waals surface area contributed by atoms with Crippen LogP contribution in [0.5, 0.6) is 0 Å². The van der Waals surface area contributed by atoms with Gasteiger partial charge in [-0.25, -0.2) is 0 Å². The molecule has 1 N–H and O–H groups in total. The van der Waals surface area contributed by atoms with E-state index in [1.807, 2.05) is 31.2 Å². The zero-order valence-corrected chi connectivity index (χ0v) is 14.3. The van der Waals surface area contributed by atoms with Gasteiger partial charge < -0.3 is 14.6 Å². The summed E-state index contributed by atoms with van der Waals surface area (Å²) in [6, 6.07) is 8.01. The molecule has 0 spiro atoms. The summed E-state index contributed by atoms with van der Waals surface area (Å²) in [4.78, 5) is 0. The van der Waals surface area contributed by atoms with Crippen LogP contribution < -0.4 is 10.8 Å². The van der Waals surface area contributed by atoms with Crippen LogP contribution in [-0.2, 0) is 9.31 Å². The third-order valence-corrected chi connectivity index (χ3v) is 4.94. The lowest BCUT2D eigenvalue weighted by Crippen LogP contribution is -2.41. The lowest BCUT2D eigenvalue weighted by molar-refractivity contribution is 0.00578. The van der Waals surface area contributed by atoms with Crippen LogP contribution in [0.4, 0.5) is 10.8 Å². The second-order valence-electron chi connectivity index (χ2n) is 6.46. The van der Waals surface area contributed by atoms with Crippen molar-refractivity contribution in [2.75, 3.05) is 5.32 Å². The summed E-state index contributed by atoms with van der Waals surface area (Å²) >= 11 is 1.52. The van der Waals surface area contributed by atoms with E-state index in [-0.39, 0.29) is 18.3 Å². The van der Waals surface area contributed by atoms with Gasteiger partial charge in [-0.3, -0.25) is 0 Å². The average Bonchev–Trinajstić information content (AvgIpc) is 2.91. The van der Waals surface area contributed by atoms with E-state index in [4.69, 9.17) is 9.31 Å². The van der Waals surface area contributed by atoms with Gasteiger partial charge >= 0.3 is 7.12 Å². The maximum absolute atomic E-state index is 6.08. The SMILES string of the molecule is Cc1nnc(Nc2cccc(B3OC(C)(C)C(C)(C)O3)c2)s1. The first-order valence-corrected chi connectivity index (χ1v) is 8.11. The predicted octanol–water partition coefficient (Wildman–Crippen LogP) is 2.89. The highest BCUT2D eigenvalue weighted by atomic mass is 32.1. The van der Waals surface area contributed by atoms with E-state index in [0.29, 0.717) is 0 Å². The molecule has 1 aromatic carbocycles.